The first kappa shape index (κ1) is 14.5. The van der Waals surface area contributed by atoms with Crippen LogP contribution in [0.25, 0.3) is 11.8 Å². The molecular formula is C21H24N2. The van der Waals surface area contributed by atoms with E-state index in [-0.39, 0.29) is 0 Å². The van der Waals surface area contributed by atoms with E-state index in [4.69, 9.17) is 0 Å². The highest BCUT2D eigenvalue weighted by atomic mass is 15.2. The molecule has 1 atom stereocenters. The smallest absolute Gasteiger partial charge is 0.0240 e. The lowest BCUT2D eigenvalue weighted by Gasteiger charge is -2.17. The van der Waals surface area contributed by atoms with Crippen LogP contribution in [0.3, 0.4) is 0 Å². The Morgan fingerprint density at radius 2 is 2.00 bits per heavy atom. The van der Waals surface area contributed by atoms with Gasteiger partial charge in [-0.3, -0.25) is 4.90 Å². The van der Waals surface area contributed by atoms with Crippen LogP contribution in [0.2, 0.25) is 0 Å². The molecule has 118 valence electrons. The van der Waals surface area contributed by atoms with Crippen molar-refractivity contribution in [2.24, 2.45) is 5.92 Å². The highest BCUT2D eigenvalue weighted by Crippen LogP contribution is 2.25. The van der Waals surface area contributed by atoms with E-state index in [1.54, 1.807) is 5.57 Å². The van der Waals surface area contributed by atoms with Crippen LogP contribution >= 0.6 is 0 Å². The van der Waals surface area contributed by atoms with E-state index in [1.165, 1.54) is 27.1 Å². The maximum Gasteiger partial charge on any atom is 0.0240 e. The Morgan fingerprint density at radius 3 is 2.91 bits per heavy atom. The maximum absolute atomic E-state index is 3.51. The van der Waals surface area contributed by atoms with Crippen LogP contribution in [0.5, 0.6) is 0 Å². The molecule has 0 unspecified atom stereocenters. The van der Waals surface area contributed by atoms with E-state index >= 15 is 0 Å². The van der Waals surface area contributed by atoms with Gasteiger partial charge < -0.3 is 5.32 Å². The van der Waals surface area contributed by atoms with Crippen molar-refractivity contribution < 1.29 is 0 Å². The molecule has 4 rings (SSSR count). The number of rotatable bonds is 2. The quantitative estimate of drug-likeness (QED) is 0.912. The van der Waals surface area contributed by atoms with Gasteiger partial charge in [-0.15, -0.1) is 0 Å². The molecule has 2 aromatic rings. The monoisotopic (exact) mass is 304 g/mol. The fraction of sp³-hybridized carbons (Fsp3) is 0.333. The van der Waals surface area contributed by atoms with Crippen LogP contribution in [-0.2, 0) is 6.54 Å². The number of fused-ring (bicyclic) bond motifs is 2. The summed E-state index contributed by atoms with van der Waals surface area (Å²) in [6, 6.07) is 15.6. The normalized spacial score (nSPS) is 20.3. The third kappa shape index (κ3) is 2.79. The summed E-state index contributed by atoms with van der Waals surface area (Å²) in [5.41, 5.74) is 5.83. The highest BCUT2D eigenvalue weighted by Gasteiger charge is 2.28. The highest BCUT2D eigenvalue weighted by molar-refractivity contribution is 5.55. The number of aryl methyl sites for hydroxylation is 2. The fourth-order valence-corrected chi connectivity index (χ4v) is 3.91. The van der Waals surface area contributed by atoms with E-state index in [2.05, 4.69) is 72.7 Å². The number of likely N-dealkylation sites (tertiary alicyclic amines) is 1. The average molecular weight is 304 g/mol. The zero-order chi connectivity index (χ0) is 15.8. The van der Waals surface area contributed by atoms with Crippen molar-refractivity contribution >= 4 is 11.8 Å². The molecular weight excluding hydrogens is 280 g/mol. The van der Waals surface area contributed by atoms with Crippen LogP contribution < -0.4 is 15.8 Å². The summed E-state index contributed by atoms with van der Waals surface area (Å²) < 4.78 is 0. The minimum atomic E-state index is 0.625. The van der Waals surface area contributed by atoms with Gasteiger partial charge in [0.25, 0.3) is 0 Å². The minimum absolute atomic E-state index is 0.625. The Hall–Kier alpha value is -2.06. The van der Waals surface area contributed by atoms with Crippen LogP contribution in [0.1, 0.15) is 16.7 Å². The average Bonchev–Trinajstić information content (AvgIpc) is 2.86. The SMILES string of the molecule is Cc1ccc(C)c(CN2CC3=c4ccccc4=CNC[C@H]3C2)c1. The van der Waals surface area contributed by atoms with Gasteiger partial charge in [-0.1, -0.05) is 48.0 Å². The topological polar surface area (TPSA) is 15.3 Å². The summed E-state index contributed by atoms with van der Waals surface area (Å²) in [7, 11) is 0. The van der Waals surface area contributed by atoms with Gasteiger partial charge in [0.15, 0.2) is 0 Å². The van der Waals surface area contributed by atoms with Gasteiger partial charge in [0.2, 0.25) is 0 Å². The second-order valence-corrected chi connectivity index (χ2v) is 6.96. The van der Waals surface area contributed by atoms with Crippen molar-refractivity contribution in [1.82, 2.24) is 10.2 Å². The van der Waals surface area contributed by atoms with Crippen molar-refractivity contribution in [1.29, 1.82) is 0 Å². The second kappa shape index (κ2) is 5.86. The molecule has 1 fully saturated rings. The summed E-state index contributed by atoms with van der Waals surface area (Å²) in [6.45, 7) is 8.75. The number of hydrogen-bond acceptors (Lipinski definition) is 2. The van der Waals surface area contributed by atoms with Gasteiger partial charge in [-0.05, 0) is 41.0 Å². The van der Waals surface area contributed by atoms with Crippen molar-refractivity contribution in [3.05, 3.63) is 69.6 Å². The number of benzene rings is 2. The largest absolute Gasteiger partial charge is 0.390 e. The molecule has 1 N–H and O–H groups in total. The molecule has 2 heterocycles. The third-order valence-corrected chi connectivity index (χ3v) is 5.19. The summed E-state index contributed by atoms with van der Waals surface area (Å²) in [6.07, 6.45) is 2.18. The lowest BCUT2D eigenvalue weighted by Crippen LogP contribution is -2.28. The first-order chi connectivity index (χ1) is 11.2. The molecule has 1 saturated heterocycles. The van der Waals surface area contributed by atoms with Gasteiger partial charge in [0.1, 0.15) is 0 Å². The molecule has 2 heteroatoms. The molecule has 0 radical (unpaired) electrons. The molecule has 0 aromatic heterocycles. The van der Waals surface area contributed by atoms with E-state index < -0.39 is 0 Å². The van der Waals surface area contributed by atoms with E-state index in [0.29, 0.717) is 5.92 Å². The van der Waals surface area contributed by atoms with E-state index in [9.17, 15) is 0 Å². The Morgan fingerprint density at radius 1 is 1.13 bits per heavy atom. The zero-order valence-electron chi connectivity index (χ0n) is 14.0. The van der Waals surface area contributed by atoms with Gasteiger partial charge in [0, 0.05) is 38.3 Å². The molecule has 0 aliphatic carbocycles. The molecule has 2 aromatic carbocycles. The van der Waals surface area contributed by atoms with Crippen LogP contribution in [0.15, 0.2) is 42.5 Å². The maximum atomic E-state index is 3.51. The first-order valence-electron chi connectivity index (χ1n) is 8.51. The molecule has 2 aliphatic rings. The Kier molecular flexibility index (Phi) is 3.70. The Balaban J connectivity index is 1.67. The van der Waals surface area contributed by atoms with Crippen molar-refractivity contribution in [2.75, 3.05) is 19.6 Å². The van der Waals surface area contributed by atoms with Gasteiger partial charge in [-0.2, -0.15) is 0 Å². The summed E-state index contributed by atoms with van der Waals surface area (Å²) >= 11 is 0. The molecule has 2 nitrogen and oxygen atoms in total. The van der Waals surface area contributed by atoms with Gasteiger partial charge >= 0.3 is 0 Å². The van der Waals surface area contributed by atoms with Crippen molar-refractivity contribution in [3.8, 4) is 0 Å². The molecule has 0 amide bonds. The zero-order valence-corrected chi connectivity index (χ0v) is 14.0. The van der Waals surface area contributed by atoms with E-state index in [1.807, 2.05) is 0 Å². The molecule has 0 spiro atoms. The van der Waals surface area contributed by atoms with Crippen LogP contribution in [-0.4, -0.2) is 24.5 Å². The van der Waals surface area contributed by atoms with Crippen molar-refractivity contribution in [3.63, 3.8) is 0 Å². The lowest BCUT2D eigenvalue weighted by molar-refractivity contribution is 0.317. The van der Waals surface area contributed by atoms with Crippen LogP contribution in [0.4, 0.5) is 0 Å². The molecule has 2 aliphatic heterocycles. The molecule has 0 saturated carbocycles. The lowest BCUT2D eigenvalue weighted by atomic mass is 10.0. The van der Waals surface area contributed by atoms with Crippen LogP contribution in [0, 0.1) is 19.8 Å². The predicted molar refractivity (Wildman–Crippen MR) is 96.3 cm³/mol. The molecule has 23 heavy (non-hydrogen) atoms. The Labute approximate surface area is 138 Å². The first-order valence-corrected chi connectivity index (χ1v) is 8.51. The number of nitrogens with one attached hydrogen (secondary N) is 1. The summed E-state index contributed by atoms with van der Waals surface area (Å²) in [5.74, 6) is 0.625. The van der Waals surface area contributed by atoms with Crippen molar-refractivity contribution in [2.45, 2.75) is 20.4 Å². The van der Waals surface area contributed by atoms with Gasteiger partial charge in [0.05, 0.1) is 0 Å². The van der Waals surface area contributed by atoms with Gasteiger partial charge in [-0.25, -0.2) is 0 Å². The summed E-state index contributed by atoms with van der Waals surface area (Å²) in [5, 5.41) is 6.28. The standard InChI is InChI=1S/C21H24N2/c1-15-7-8-16(2)18(9-15)12-23-13-19-11-22-10-17-5-3-4-6-20(17)21(19)14-23/h3-10,19,22H,11-14H2,1-2H3/t19-/m0/s1. The third-order valence-electron chi connectivity index (χ3n) is 5.19. The predicted octanol–water partition coefficient (Wildman–Crippen LogP) is 1.93. The minimum Gasteiger partial charge on any atom is -0.390 e. The summed E-state index contributed by atoms with van der Waals surface area (Å²) in [4.78, 5) is 2.60. The second-order valence-electron chi connectivity index (χ2n) is 6.96. The Bertz CT molecular complexity index is 850. The fourth-order valence-electron chi connectivity index (χ4n) is 3.91. The number of hydrogen-bond donors (Lipinski definition) is 1. The molecule has 0 bridgehead atoms. The van der Waals surface area contributed by atoms with E-state index in [0.717, 1.165) is 26.2 Å². The number of nitrogens with zero attached hydrogens (tertiary/aromatic N) is 1.